The maximum Gasteiger partial charge on any atom is 0.320 e. The molecule has 0 spiro atoms. The minimum atomic E-state index is -1.33. The molecular formula is C11H13NO6S. The highest BCUT2D eigenvalue weighted by Crippen LogP contribution is 2.30. The van der Waals surface area contributed by atoms with Crippen LogP contribution in [0.3, 0.4) is 0 Å². The molecule has 8 heteroatoms. The Balaban J connectivity index is 3.13. The van der Waals surface area contributed by atoms with Crippen LogP contribution in [0.15, 0.2) is 17.5 Å². The van der Waals surface area contributed by atoms with Crippen LogP contribution in [0, 0.1) is 16.0 Å². The maximum absolute atomic E-state index is 11.7. The second kappa shape index (κ2) is 6.83. The van der Waals surface area contributed by atoms with E-state index in [4.69, 9.17) is 0 Å². The van der Waals surface area contributed by atoms with Gasteiger partial charge in [0.1, 0.15) is 0 Å². The van der Waals surface area contributed by atoms with Crippen LogP contribution in [0.25, 0.3) is 0 Å². The third-order valence-electron chi connectivity index (χ3n) is 2.57. The molecule has 0 fully saturated rings. The van der Waals surface area contributed by atoms with E-state index in [0.29, 0.717) is 4.88 Å². The van der Waals surface area contributed by atoms with E-state index in [1.807, 2.05) is 0 Å². The summed E-state index contributed by atoms with van der Waals surface area (Å²) in [5.41, 5.74) is 0. The second-order valence-electron chi connectivity index (χ2n) is 3.66. The molecule has 1 aromatic heterocycles. The average molecular weight is 287 g/mol. The van der Waals surface area contributed by atoms with Crippen LogP contribution in [0.4, 0.5) is 0 Å². The lowest BCUT2D eigenvalue weighted by atomic mass is 9.91. The van der Waals surface area contributed by atoms with Crippen LogP contribution in [0.2, 0.25) is 0 Å². The van der Waals surface area contributed by atoms with Crippen molar-refractivity contribution in [3.05, 3.63) is 32.5 Å². The topological polar surface area (TPSA) is 95.7 Å². The van der Waals surface area contributed by atoms with E-state index >= 15 is 0 Å². The summed E-state index contributed by atoms with van der Waals surface area (Å²) in [6.45, 7) is -0.546. The molecule has 19 heavy (non-hydrogen) atoms. The Hall–Kier alpha value is -1.96. The summed E-state index contributed by atoms with van der Waals surface area (Å²) in [6, 6.07) is 3.33. The number of hydrogen-bond donors (Lipinski definition) is 0. The Morgan fingerprint density at radius 3 is 2.32 bits per heavy atom. The number of hydrogen-bond acceptors (Lipinski definition) is 7. The van der Waals surface area contributed by atoms with Crippen molar-refractivity contribution < 1.29 is 24.0 Å². The lowest BCUT2D eigenvalue weighted by Crippen LogP contribution is -2.35. The molecule has 0 aliphatic carbocycles. The number of nitrogens with zero attached hydrogens (tertiary/aromatic N) is 1. The number of esters is 2. The summed E-state index contributed by atoms with van der Waals surface area (Å²) in [5, 5.41) is 12.5. The fourth-order valence-electron chi connectivity index (χ4n) is 1.70. The third-order valence-corrected chi connectivity index (χ3v) is 3.57. The Kier molecular flexibility index (Phi) is 5.43. The Bertz CT molecular complexity index is 442. The first-order valence-electron chi connectivity index (χ1n) is 5.32. The molecular weight excluding hydrogens is 274 g/mol. The second-order valence-corrected chi connectivity index (χ2v) is 4.64. The molecule has 0 saturated carbocycles. The number of ether oxygens (including phenoxy) is 2. The van der Waals surface area contributed by atoms with E-state index < -0.39 is 35.2 Å². The van der Waals surface area contributed by atoms with Crippen LogP contribution in [0.5, 0.6) is 0 Å². The average Bonchev–Trinajstić information content (AvgIpc) is 2.90. The van der Waals surface area contributed by atoms with Gasteiger partial charge in [-0.25, -0.2) is 0 Å². The van der Waals surface area contributed by atoms with Crippen molar-refractivity contribution in [2.45, 2.75) is 5.92 Å². The van der Waals surface area contributed by atoms with E-state index in [2.05, 4.69) is 9.47 Å². The predicted molar refractivity (Wildman–Crippen MR) is 66.4 cm³/mol. The predicted octanol–water partition coefficient (Wildman–Crippen LogP) is 1.07. The minimum absolute atomic E-state index is 0.546. The molecule has 0 radical (unpaired) electrons. The van der Waals surface area contributed by atoms with E-state index in [1.54, 1.807) is 17.5 Å². The minimum Gasteiger partial charge on any atom is -0.468 e. The van der Waals surface area contributed by atoms with Gasteiger partial charge in [-0.15, -0.1) is 11.3 Å². The van der Waals surface area contributed by atoms with Gasteiger partial charge in [-0.2, -0.15) is 0 Å². The molecule has 0 unspecified atom stereocenters. The molecule has 104 valence electrons. The molecule has 1 rings (SSSR count). The van der Waals surface area contributed by atoms with Gasteiger partial charge in [0.2, 0.25) is 6.54 Å². The third kappa shape index (κ3) is 3.75. The Morgan fingerprint density at radius 1 is 1.37 bits per heavy atom. The van der Waals surface area contributed by atoms with Gasteiger partial charge >= 0.3 is 11.9 Å². The van der Waals surface area contributed by atoms with Crippen LogP contribution < -0.4 is 0 Å². The van der Waals surface area contributed by atoms with Gasteiger partial charge in [0.05, 0.1) is 20.1 Å². The zero-order valence-electron chi connectivity index (χ0n) is 10.4. The van der Waals surface area contributed by atoms with Crippen LogP contribution in [-0.4, -0.2) is 37.6 Å². The van der Waals surface area contributed by atoms with Gasteiger partial charge in [0.15, 0.2) is 5.92 Å². The largest absolute Gasteiger partial charge is 0.468 e. The van der Waals surface area contributed by atoms with E-state index in [9.17, 15) is 19.7 Å². The Morgan fingerprint density at radius 2 is 1.95 bits per heavy atom. The number of rotatable bonds is 6. The van der Waals surface area contributed by atoms with Crippen molar-refractivity contribution >= 4 is 23.3 Å². The summed E-state index contributed by atoms with van der Waals surface area (Å²) >= 11 is 1.24. The number of methoxy groups -OCH3 is 2. The molecule has 0 aromatic carbocycles. The lowest BCUT2D eigenvalue weighted by Gasteiger charge is -2.19. The van der Waals surface area contributed by atoms with Crippen molar-refractivity contribution in [1.29, 1.82) is 0 Å². The van der Waals surface area contributed by atoms with Gasteiger partial charge in [0, 0.05) is 9.80 Å². The van der Waals surface area contributed by atoms with Crippen molar-refractivity contribution in [2.24, 2.45) is 5.92 Å². The molecule has 0 aliphatic rings. The smallest absolute Gasteiger partial charge is 0.320 e. The number of nitro groups is 1. The molecule has 1 atom stereocenters. The van der Waals surface area contributed by atoms with Crippen LogP contribution >= 0.6 is 11.3 Å². The molecule has 0 N–H and O–H groups in total. The van der Waals surface area contributed by atoms with Gasteiger partial charge < -0.3 is 9.47 Å². The first-order chi connectivity index (χ1) is 9.01. The highest BCUT2D eigenvalue weighted by atomic mass is 32.1. The number of carbonyl (C=O) groups excluding carboxylic acids is 2. The molecule has 0 bridgehead atoms. The quantitative estimate of drug-likeness (QED) is 0.336. The maximum atomic E-state index is 11.7. The Labute approximate surface area is 113 Å². The van der Waals surface area contributed by atoms with Crippen molar-refractivity contribution in [3.8, 4) is 0 Å². The first kappa shape index (κ1) is 15.1. The summed E-state index contributed by atoms with van der Waals surface area (Å²) < 4.78 is 9.08. The van der Waals surface area contributed by atoms with Gasteiger partial charge in [-0.1, -0.05) is 6.07 Å². The van der Waals surface area contributed by atoms with Crippen molar-refractivity contribution in [3.63, 3.8) is 0 Å². The molecule has 0 saturated heterocycles. The normalized spacial score (nSPS) is 11.9. The molecule has 1 heterocycles. The van der Waals surface area contributed by atoms with Gasteiger partial charge in [0.25, 0.3) is 0 Å². The summed E-state index contributed by atoms with van der Waals surface area (Å²) in [5.74, 6) is -3.91. The SMILES string of the molecule is COC(=O)C(C(=O)OC)[C@H](C[N+](=O)[O-])c1cccs1. The fourth-order valence-corrected chi connectivity index (χ4v) is 2.56. The van der Waals surface area contributed by atoms with Crippen LogP contribution in [0.1, 0.15) is 10.8 Å². The zero-order chi connectivity index (χ0) is 14.4. The highest BCUT2D eigenvalue weighted by molar-refractivity contribution is 7.10. The van der Waals surface area contributed by atoms with E-state index in [-0.39, 0.29) is 0 Å². The molecule has 0 amide bonds. The zero-order valence-corrected chi connectivity index (χ0v) is 11.2. The fraction of sp³-hybridized carbons (Fsp3) is 0.455. The summed E-state index contributed by atoms with van der Waals surface area (Å²) in [7, 11) is 2.24. The standard InChI is InChI=1S/C11H13NO6S/c1-17-10(13)9(11(14)18-2)7(6-12(15)16)8-4-3-5-19-8/h3-5,7,9H,6H2,1-2H3/t7-/m1/s1. The van der Waals surface area contributed by atoms with Gasteiger partial charge in [-0.3, -0.25) is 19.7 Å². The highest BCUT2D eigenvalue weighted by Gasteiger charge is 2.41. The molecule has 1 aromatic rings. The first-order valence-corrected chi connectivity index (χ1v) is 6.20. The van der Waals surface area contributed by atoms with Crippen molar-refractivity contribution in [1.82, 2.24) is 0 Å². The van der Waals surface area contributed by atoms with E-state index in [1.165, 1.54) is 11.3 Å². The molecule has 0 aliphatic heterocycles. The lowest BCUT2D eigenvalue weighted by molar-refractivity contribution is -0.484. The monoisotopic (exact) mass is 287 g/mol. The van der Waals surface area contributed by atoms with Gasteiger partial charge in [-0.05, 0) is 11.4 Å². The van der Waals surface area contributed by atoms with Crippen LogP contribution in [-0.2, 0) is 19.1 Å². The number of thiophene rings is 1. The summed E-state index contributed by atoms with van der Waals surface area (Å²) in [6.07, 6.45) is 0. The molecule has 7 nitrogen and oxygen atoms in total. The number of carbonyl (C=O) groups is 2. The van der Waals surface area contributed by atoms with E-state index in [0.717, 1.165) is 14.2 Å². The van der Waals surface area contributed by atoms with Crippen molar-refractivity contribution in [2.75, 3.05) is 20.8 Å². The summed E-state index contributed by atoms with van der Waals surface area (Å²) in [4.78, 5) is 34.1.